The lowest BCUT2D eigenvalue weighted by Crippen LogP contribution is -1.77. The molecule has 0 aliphatic rings. The molecule has 0 saturated heterocycles. The number of aromatic nitrogens is 1. The van der Waals surface area contributed by atoms with Crippen LogP contribution in [0, 0.1) is 10.3 Å². The molecule has 0 bridgehead atoms. The third kappa shape index (κ3) is 1.35. The highest BCUT2D eigenvalue weighted by atomic mass is 32.1. The van der Waals surface area contributed by atoms with Crippen molar-refractivity contribution in [2.24, 2.45) is 5.18 Å². The SMILES string of the molecule is N=C=C(N=O)c1nc2ccccc2s1. The van der Waals surface area contributed by atoms with Gasteiger partial charge in [0, 0.05) is 5.87 Å². The molecule has 1 heterocycles. The molecule has 2 aromatic rings. The summed E-state index contributed by atoms with van der Waals surface area (Å²) in [7, 11) is 0. The molecule has 0 atom stereocenters. The zero-order chi connectivity index (χ0) is 9.97. The summed E-state index contributed by atoms with van der Waals surface area (Å²) in [5.41, 5.74) is 0.759. The molecule has 0 aliphatic heterocycles. The highest BCUT2D eigenvalue weighted by molar-refractivity contribution is 7.19. The van der Waals surface area contributed by atoms with Crippen molar-refractivity contribution in [3.05, 3.63) is 34.2 Å². The standard InChI is InChI=1S/C9H5N3OS/c10-5-7(12-13)9-11-6-3-1-2-4-8(6)14-9/h1-4,10H. The Morgan fingerprint density at radius 2 is 2.29 bits per heavy atom. The number of hydrogen-bond acceptors (Lipinski definition) is 5. The van der Waals surface area contributed by atoms with Gasteiger partial charge >= 0.3 is 0 Å². The number of thiazole rings is 1. The Labute approximate surface area is 83.4 Å². The Morgan fingerprint density at radius 3 is 2.93 bits per heavy atom. The summed E-state index contributed by atoms with van der Waals surface area (Å²) < 4.78 is 0.971. The molecule has 2 rings (SSSR count). The lowest BCUT2D eigenvalue weighted by molar-refractivity contribution is 1.40. The fourth-order valence-corrected chi connectivity index (χ4v) is 1.99. The van der Waals surface area contributed by atoms with Gasteiger partial charge in [0.25, 0.3) is 0 Å². The second-order valence-corrected chi connectivity index (χ2v) is 3.58. The van der Waals surface area contributed by atoms with E-state index in [0.29, 0.717) is 5.01 Å². The summed E-state index contributed by atoms with van der Waals surface area (Å²) in [6.07, 6.45) is 0. The van der Waals surface area contributed by atoms with E-state index in [-0.39, 0.29) is 5.70 Å². The van der Waals surface area contributed by atoms with Crippen LogP contribution in [-0.4, -0.2) is 10.9 Å². The molecule has 0 saturated carbocycles. The van der Waals surface area contributed by atoms with Crippen LogP contribution in [0.15, 0.2) is 29.4 Å². The summed E-state index contributed by atoms with van der Waals surface area (Å²) in [4.78, 5) is 14.5. The predicted octanol–water partition coefficient (Wildman–Crippen LogP) is 2.65. The molecule has 0 spiro atoms. The Bertz CT molecular complexity index is 507. The van der Waals surface area contributed by atoms with Crippen molar-refractivity contribution in [3.8, 4) is 0 Å². The summed E-state index contributed by atoms with van der Waals surface area (Å²) in [6.45, 7) is 0. The molecule has 4 nitrogen and oxygen atoms in total. The van der Waals surface area contributed by atoms with Crippen molar-refractivity contribution in [3.63, 3.8) is 0 Å². The van der Waals surface area contributed by atoms with Crippen molar-refractivity contribution < 1.29 is 0 Å². The van der Waals surface area contributed by atoms with E-state index in [4.69, 9.17) is 5.41 Å². The highest BCUT2D eigenvalue weighted by Crippen LogP contribution is 2.25. The van der Waals surface area contributed by atoms with Crippen molar-refractivity contribution in [1.82, 2.24) is 4.98 Å². The second kappa shape index (κ2) is 3.49. The normalized spacial score (nSPS) is 9.71. The molecule has 0 amide bonds. The van der Waals surface area contributed by atoms with E-state index >= 15 is 0 Å². The number of nitrogens with one attached hydrogen (secondary N) is 1. The van der Waals surface area contributed by atoms with Gasteiger partial charge in [0.05, 0.1) is 10.2 Å². The zero-order valence-electron chi connectivity index (χ0n) is 7.02. The smallest absolute Gasteiger partial charge is 0.204 e. The van der Waals surface area contributed by atoms with Crippen LogP contribution in [0.1, 0.15) is 5.01 Å². The number of fused-ring (bicyclic) bond motifs is 1. The number of para-hydroxylation sites is 1. The first-order chi connectivity index (χ1) is 6.85. The average Bonchev–Trinajstić information content (AvgIpc) is 2.63. The quantitative estimate of drug-likeness (QED) is 0.602. The van der Waals surface area contributed by atoms with Crippen LogP contribution < -0.4 is 0 Å². The summed E-state index contributed by atoms with van der Waals surface area (Å²) in [5.74, 6) is 1.96. The van der Waals surface area contributed by atoms with Crippen LogP contribution in [0.4, 0.5) is 0 Å². The van der Waals surface area contributed by atoms with Crippen molar-refractivity contribution in [1.29, 1.82) is 5.41 Å². The molecule has 68 valence electrons. The van der Waals surface area contributed by atoms with E-state index < -0.39 is 0 Å². The van der Waals surface area contributed by atoms with Gasteiger partial charge in [-0.05, 0) is 17.3 Å². The van der Waals surface area contributed by atoms with Gasteiger partial charge in [0.2, 0.25) is 5.70 Å². The van der Waals surface area contributed by atoms with Crippen LogP contribution in [-0.2, 0) is 0 Å². The van der Waals surface area contributed by atoms with E-state index in [1.54, 1.807) is 0 Å². The third-order valence-electron chi connectivity index (χ3n) is 1.71. The average molecular weight is 203 g/mol. The number of nitrogens with zero attached hydrogens (tertiary/aromatic N) is 2. The first-order valence-corrected chi connectivity index (χ1v) is 4.66. The van der Waals surface area contributed by atoms with Gasteiger partial charge in [-0.3, -0.25) is 5.41 Å². The third-order valence-corrected chi connectivity index (χ3v) is 2.75. The van der Waals surface area contributed by atoms with E-state index in [1.807, 2.05) is 30.1 Å². The number of benzene rings is 1. The molecule has 0 fully saturated rings. The van der Waals surface area contributed by atoms with Crippen LogP contribution in [0.5, 0.6) is 0 Å². The molecule has 0 unspecified atom stereocenters. The first-order valence-electron chi connectivity index (χ1n) is 3.84. The minimum atomic E-state index is -0.0498. The number of hydrogen-bond donors (Lipinski definition) is 1. The Balaban J connectivity index is 2.66. The van der Waals surface area contributed by atoms with Gasteiger partial charge in [-0.1, -0.05) is 12.1 Å². The molecular formula is C9H5N3OS. The Morgan fingerprint density at radius 1 is 1.50 bits per heavy atom. The lowest BCUT2D eigenvalue weighted by Gasteiger charge is -1.82. The molecule has 1 N–H and O–H groups in total. The van der Waals surface area contributed by atoms with Gasteiger partial charge < -0.3 is 0 Å². The molecule has 1 aromatic heterocycles. The largest absolute Gasteiger partial charge is 0.257 e. The highest BCUT2D eigenvalue weighted by Gasteiger charge is 2.08. The number of nitroso groups, excluding NO2 is 1. The second-order valence-electron chi connectivity index (χ2n) is 2.55. The lowest BCUT2D eigenvalue weighted by atomic mass is 10.3. The monoisotopic (exact) mass is 203 g/mol. The Hall–Kier alpha value is -1.84. The molecule has 1 aromatic carbocycles. The maximum absolute atomic E-state index is 10.3. The Kier molecular flexibility index (Phi) is 2.18. The van der Waals surface area contributed by atoms with Crippen LogP contribution in [0.2, 0.25) is 0 Å². The summed E-state index contributed by atoms with van der Waals surface area (Å²) >= 11 is 1.33. The summed E-state index contributed by atoms with van der Waals surface area (Å²) in [6, 6.07) is 7.52. The van der Waals surface area contributed by atoms with E-state index in [0.717, 1.165) is 10.2 Å². The fourth-order valence-electron chi connectivity index (χ4n) is 1.09. The molecule has 5 heteroatoms. The fraction of sp³-hybridized carbons (Fsp3) is 0. The van der Waals surface area contributed by atoms with Crippen LogP contribution in [0.3, 0.4) is 0 Å². The first kappa shape index (κ1) is 8.74. The van der Waals surface area contributed by atoms with Gasteiger partial charge in [-0.2, -0.15) is 0 Å². The van der Waals surface area contributed by atoms with E-state index in [2.05, 4.69) is 10.2 Å². The summed E-state index contributed by atoms with van der Waals surface area (Å²) in [5, 5.41) is 9.99. The minimum absolute atomic E-state index is 0.0498. The van der Waals surface area contributed by atoms with Crippen molar-refractivity contribution in [2.45, 2.75) is 0 Å². The molecule has 0 aliphatic carbocycles. The number of rotatable bonds is 2. The predicted molar refractivity (Wildman–Crippen MR) is 56.5 cm³/mol. The van der Waals surface area contributed by atoms with Gasteiger partial charge in [0.1, 0.15) is 0 Å². The zero-order valence-corrected chi connectivity index (χ0v) is 7.84. The van der Waals surface area contributed by atoms with Crippen LogP contribution in [0.25, 0.3) is 15.9 Å². The van der Waals surface area contributed by atoms with Gasteiger partial charge in [-0.15, -0.1) is 16.2 Å². The van der Waals surface area contributed by atoms with E-state index in [1.165, 1.54) is 11.3 Å². The van der Waals surface area contributed by atoms with Gasteiger partial charge in [-0.25, -0.2) is 4.98 Å². The van der Waals surface area contributed by atoms with Crippen molar-refractivity contribution in [2.75, 3.05) is 0 Å². The van der Waals surface area contributed by atoms with Crippen molar-refractivity contribution >= 4 is 33.1 Å². The molecule has 0 radical (unpaired) electrons. The van der Waals surface area contributed by atoms with Crippen LogP contribution >= 0.6 is 11.3 Å². The maximum atomic E-state index is 10.3. The minimum Gasteiger partial charge on any atom is -0.257 e. The van der Waals surface area contributed by atoms with E-state index in [9.17, 15) is 4.91 Å². The maximum Gasteiger partial charge on any atom is 0.204 e. The topological polar surface area (TPSA) is 66.2 Å². The molecular weight excluding hydrogens is 198 g/mol. The van der Waals surface area contributed by atoms with Gasteiger partial charge in [0.15, 0.2) is 5.01 Å². The molecule has 14 heavy (non-hydrogen) atoms.